The molecule has 2 N–H and O–H groups in total. The summed E-state index contributed by atoms with van der Waals surface area (Å²) in [4.78, 5) is 11.8. The van der Waals surface area contributed by atoms with E-state index in [1.807, 2.05) is 0 Å². The van der Waals surface area contributed by atoms with Gasteiger partial charge in [0.2, 0.25) is 0 Å². The van der Waals surface area contributed by atoms with Gasteiger partial charge >= 0.3 is 0 Å². The number of carbonyl (C=O) groups excluding carboxylic acids is 1. The van der Waals surface area contributed by atoms with E-state index in [4.69, 9.17) is 23.2 Å². The van der Waals surface area contributed by atoms with Crippen molar-refractivity contribution in [1.82, 2.24) is 5.32 Å². The lowest BCUT2D eigenvalue weighted by molar-refractivity contribution is 0.0901. The lowest BCUT2D eigenvalue weighted by Crippen LogP contribution is -2.33. The minimum atomic E-state index is -0.450. The van der Waals surface area contributed by atoms with Crippen LogP contribution < -0.4 is 5.32 Å². The van der Waals surface area contributed by atoms with Crippen molar-refractivity contribution in [2.45, 2.75) is 18.9 Å². The van der Waals surface area contributed by atoms with Crippen LogP contribution in [0.2, 0.25) is 10.0 Å². The normalized spacial score (nSPS) is 16.6. The average molecular weight is 274 g/mol. The summed E-state index contributed by atoms with van der Waals surface area (Å²) in [5.41, 5.74) is 0.408. The van der Waals surface area contributed by atoms with E-state index < -0.39 is 6.10 Å². The van der Waals surface area contributed by atoms with Gasteiger partial charge in [0.05, 0.1) is 6.10 Å². The molecule has 1 unspecified atom stereocenters. The van der Waals surface area contributed by atoms with Crippen molar-refractivity contribution in [3.63, 3.8) is 0 Å². The Morgan fingerprint density at radius 3 is 2.47 bits per heavy atom. The van der Waals surface area contributed by atoms with Gasteiger partial charge in [-0.25, -0.2) is 0 Å². The molecule has 0 spiro atoms. The predicted molar refractivity (Wildman–Crippen MR) is 67.5 cm³/mol. The predicted octanol–water partition coefficient (Wildman–Crippen LogP) is 2.49. The zero-order chi connectivity index (χ0) is 12.4. The number of benzene rings is 1. The highest BCUT2D eigenvalue weighted by atomic mass is 35.5. The Morgan fingerprint density at radius 1 is 1.35 bits per heavy atom. The van der Waals surface area contributed by atoms with Gasteiger partial charge in [0.1, 0.15) is 0 Å². The molecule has 3 nitrogen and oxygen atoms in total. The summed E-state index contributed by atoms with van der Waals surface area (Å²) in [6.07, 6.45) is 1.63. The van der Waals surface area contributed by atoms with Crippen LogP contribution in [0.15, 0.2) is 18.2 Å². The largest absolute Gasteiger partial charge is 0.391 e. The maximum atomic E-state index is 11.8. The number of amides is 1. The summed E-state index contributed by atoms with van der Waals surface area (Å²) in [5.74, 6) is 0.0762. The van der Waals surface area contributed by atoms with Gasteiger partial charge in [0.15, 0.2) is 0 Å². The van der Waals surface area contributed by atoms with Crippen LogP contribution in [0.1, 0.15) is 23.2 Å². The van der Waals surface area contributed by atoms with Crippen molar-refractivity contribution < 1.29 is 9.90 Å². The fraction of sp³-hybridized carbons (Fsp3) is 0.417. The molecule has 0 aromatic heterocycles. The first kappa shape index (κ1) is 12.7. The van der Waals surface area contributed by atoms with Gasteiger partial charge in [-0.05, 0) is 37.0 Å². The minimum Gasteiger partial charge on any atom is -0.391 e. The Bertz CT molecular complexity index is 412. The number of aliphatic hydroxyl groups is 1. The molecule has 1 amide bonds. The Labute approximate surface area is 110 Å². The molecule has 1 aromatic rings. The lowest BCUT2D eigenvalue weighted by atomic mass is 10.2. The molecule has 0 saturated heterocycles. The van der Waals surface area contributed by atoms with Crippen LogP contribution in [0.5, 0.6) is 0 Å². The van der Waals surface area contributed by atoms with E-state index in [-0.39, 0.29) is 12.5 Å². The lowest BCUT2D eigenvalue weighted by Gasteiger charge is -2.10. The molecule has 1 aliphatic rings. The third-order valence-corrected chi connectivity index (χ3v) is 3.20. The van der Waals surface area contributed by atoms with Crippen molar-refractivity contribution in [2.24, 2.45) is 5.92 Å². The molecular weight excluding hydrogens is 261 g/mol. The van der Waals surface area contributed by atoms with E-state index in [9.17, 15) is 9.90 Å². The van der Waals surface area contributed by atoms with Gasteiger partial charge in [-0.1, -0.05) is 23.2 Å². The van der Waals surface area contributed by atoms with Gasteiger partial charge in [-0.2, -0.15) is 0 Å². The quantitative estimate of drug-likeness (QED) is 0.886. The highest BCUT2D eigenvalue weighted by Gasteiger charge is 2.29. The van der Waals surface area contributed by atoms with Crippen molar-refractivity contribution in [3.8, 4) is 0 Å². The smallest absolute Gasteiger partial charge is 0.251 e. The average Bonchev–Trinajstić information content (AvgIpc) is 3.07. The zero-order valence-electron chi connectivity index (χ0n) is 9.12. The number of carbonyl (C=O) groups is 1. The van der Waals surface area contributed by atoms with Gasteiger partial charge in [-0.3, -0.25) is 4.79 Å². The molecule has 17 heavy (non-hydrogen) atoms. The molecular formula is C12H13Cl2NO2. The summed E-state index contributed by atoms with van der Waals surface area (Å²) in [6, 6.07) is 4.66. The first-order valence-electron chi connectivity index (χ1n) is 5.48. The molecule has 1 saturated carbocycles. The summed E-state index contributed by atoms with van der Waals surface area (Å²) in [7, 11) is 0. The van der Waals surface area contributed by atoms with Crippen molar-refractivity contribution >= 4 is 29.1 Å². The zero-order valence-corrected chi connectivity index (χ0v) is 10.6. The Hall–Kier alpha value is -0.770. The standard InChI is InChI=1S/C12H13Cl2NO2/c13-9-3-8(4-10(14)5-9)12(17)15-6-11(16)7-1-2-7/h3-5,7,11,16H,1-2,6H2,(H,15,17). The van der Waals surface area contributed by atoms with Crippen LogP contribution in [0.4, 0.5) is 0 Å². The topological polar surface area (TPSA) is 49.3 Å². The van der Waals surface area contributed by atoms with E-state index in [1.54, 1.807) is 18.2 Å². The molecule has 0 bridgehead atoms. The van der Waals surface area contributed by atoms with Crippen LogP contribution in [-0.2, 0) is 0 Å². The van der Waals surface area contributed by atoms with Crippen LogP contribution in [0.25, 0.3) is 0 Å². The number of halogens is 2. The van der Waals surface area contributed by atoms with Gasteiger partial charge in [-0.15, -0.1) is 0 Å². The Kier molecular flexibility index (Phi) is 3.92. The van der Waals surface area contributed by atoms with Crippen molar-refractivity contribution in [1.29, 1.82) is 0 Å². The van der Waals surface area contributed by atoms with E-state index in [2.05, 4.69) is 5.32 Å². The summed E-state index contributed by atoms with van der Waals surface area (Å²) >= 11 is 11.6. The van der Waals surface area contributed by atoms with Crippen molar-refractivity contribution in [2.75, 3.05) is 6.54 Å². The molecule has 0 aliphatic heterocycles. The van der Waals surface area contributed by atoms with Crippen LogP contribution >= 0.6 is 23.2 Å². The highest BCUT2D eigenvalue weighted by Crippen LogP contribution is 2.32. The van der Waals surface area contributed by atoms with Crippen LogP contribution in [0.3, 0.4) is 0 Å². The number of aliphatic hydroxyl groups excluding tert-OH is 1. The maximum absolute atomic E-state index is 11.8. The number of nitrogens with one attached hydrogen (secondary N) is 1. The van der Waals surface area contributed by atoms with E-state index in [0.29, 0.717) is 21.5 Å². The van der Waals surface area contributed by atoms with Gasteiger partial charge in [0.25, 0.3) is 5.91 Å². The van der Waals surface area contributed by atoms with Crippen LogP contribution in [-0.4, -0.2) is 23.7 Å². The van der Waals surface area contributed by atoms with Gasteiger partial charge < -0.3 is 10.4 Å². The van der Waals surface area contributed by atoms with E-state index >= 15 is 0 Å². The fourth-order valence-corrected chi connectivity index (χ4v) is 2.16. The second kappa shape index (κ2) is 5.25. The molecule has 2 rings (SSSR count). The third-order valence-electron chi connectivity index (χ3n) is 2.76. The number of rotatable bonds is 4. The molecule has 1 atom stereocenters. The monoisotopic (exact) mass is 273 g/mol. The van der Waals surface area contributed by atoms with Crippen LogP contribution in [0, 0.1) is 5.92 Å². The molecule has 1 fully saturated rings. The Balaban J connectivity index is 1.94. The minimum absolute atomic E-state index is 0.269. The summed E-state index contributed by atoms with van der Waals surface area (Å²) < 4.78 is 0. The van der Waals surface area contributed by atoms with Gasteiger partial charge in [0, 0.05) is 22.2 Å². The van der Waals surface area contributed by atoms with E-state index in [0.717, 1.165) is 12.8 Å². The molecule has 0 heterocycles. The molecule has 0 radical (unpaired) electrons. The third kappa shape index (κ3) is 3.60. The van der Waals surface area contributed by atoms with E-state index in [1.165, 1.54) is 0 Å². The molecule has 92 valence electrons. The molecule has 5 heteroatoms. The highest BCUT2D eigenvalue weighted by molar-refractivity contribution is 6.35. The number of hydrogen-bond acceptors (Lipinski definition) is 2. The number of hydrogen-bond donors (Lipinski definition) is 2. The first-order valence-corrected chi connectivity index (χ1v) is 6.24. The summed E-state index contributed by atoms with van der Waals surface area (Å²) in [5, 5.41) is 13.1. The van der Waals surface area contributed by atoms with Crippen molar-refractivity contribution in [3.05, 3.63) is 33.8 Å². The maximum Gasteiger partial charge on any atom is 0.251 e. The summed E-state index contributed by atoms with van der Waals surface area (Å²) in [6.45, 7) is 0.271. The Morgan fingerprint density at radius 2 is 1.94 bits per heavy atom. The first-order chi connectivity index (χ1) is 8.06. The molecule has 1 aromatic carbocycles. The fourth-order valence-electron chi connectivity index (χ4n) is 1.63. The second-order valence-electron chi connectivity index (χ2n) is 4.27. The SMILES string of the molecule is O=C(NCC(O)C1CC1)c1cc(Cl)cc(Cl)c1. The molecule has 1 aliphatic carbocycles. The second-order valence-corrected chi connectivity index (χ2v) is 5.15.